The van der Waals surface area contributed by atoms with E-state index in [2.05, 4.69) is 4.98 Å². The molecule has 2 N–H and O–H groups in total. The summed E-state index contributed by atoms with van der Waals surface area (Å²) in [6.45, 7) is 1.03. The molecule has 0 aliphatic heterocycles. The number of benzene rings is 1. The van der Waals surface area contributed by atoms with Crippen LogP contribution in [0.2, 0.25) is 5.02 Å². The molecule has 18 heavy (non-hydrogen) atoms. The normalized spacial score (nSPS) is 10.3. The zero-order valence-electron chi connectivity index (χ0n) is 9.97. The van der Waals surface area contributed by atoms with Crippen LogP contribution in [0.1, 0.15) is 11.1 Å². The van der Waals surface area contributed by atoms with E-state index in [0.29, 0.717) is 18.2 Å². The van der Waals surface area contributed by atoms with E-state index in [9.17, 15) is 0 Å². The Morgan fingerprint density at radius 3 is 2.67 bits per heavy atom. The van der Waals surface area contributed by atoms with Crippen LogP contribution < -0.4 is 10.5 Å². The molecule has 2 rings (SSSR count). The van der Waals surface area contributed by atoms with Crippen LogP contribution in [-0.2, 0) is 13.0 Å². The highest BCUT2D eigenvalue weighted by Crippen LogP contribution is 2.22. The van der Waals surface area contributed by atoms with Crippen LogP contribution in [0, 0.1) is 0 Å². The number of aromatic nitrogens is 1. The van der Waals surface area contributed by atoms with Crippen molar-refractivity contribution in [1.29, 1.82) is 0 Å². The Balaban J connectivity index is 1.94. The summed E-state index contributed by atoms with van der Waals surface area (Å²) in [5.41, 5.74) is 7.79. The van der Waals surface area contributed by atoms with Gasteiger partial charge in [-0.2, -0.15) is 0 Å². The summed E-state index contributed by atoms with van der Waals surface area (Å²) in [5, 5.41) is 0.678. The summed E-state index contributed by atoms with van der Waals surface area (Å²) < 4.78 is 5.73. The van der Waals surface area contributed by atoms with Gasteiger partial charge >= 0.3 is 0 Å². The van der Waals surface area contributed by atoms with Crippen LogP contribution in [0.3, 0.4) is 0 Å². The minimum absolute atomic E-state index is 0.422. The van der Waals surface area contributed by atoms with Crippen molar-refractivity contribution in [2.75, 3.05) is 6.61 Å². The molecule has 2 aromatic rings. The quantitative estimate of drug-likeness (QED) is 0.901. The van der Waals surface area contributed by atoms with Crippen molar-refractivity contribution < 1.29 is 4.74 Å². The first-order chi connectivity index (χ1) is 8.79. The number of nitrogens with zero attached hydrogens (tertiary/aromatic N) is 1. The van der Waals surface area contributed by atoms with E-state index in [1.807, 2.05) is 30.3 Å². The molecule has 94 valence electrons. The van der Waals surface area contributed by atoms with Gasteiger partial charge in [0.15, 0.2) is 0 Å². The van der Waals surface area contributed by atoms with Gasteiger partial charge in [0.05, 0.1) is 6.61 Å². The second kappa shape index (κ2) is 6.38. The van der Waals surface area contributed by atoms with Gasteiger partial charge in [0.25, 0.3) is 0 Å². The fourth-order valence-electron chi connectivity index (χ4n) is 1.68. The van der Waals surface area contributed by atoms with E-state index in [1.165, 1.54) is 5.56 Å². The molecule has 0 saturated heterocycles. The Kier molecular flexibility index (Phi) is 4.56. The number of pyridine rings is 1. The lowest BCUT2D eigenvalue weighted by Crippen LogP contribution is -2.05. The molecule has 3 nitrogen and oxygen atoms in total. The average Bonchev–Trinajstić information content (AvgIpc) is 2.41. The smallest absolute Gasteiger partial charge is 0.123 e. The summed E-state index contributed by atoms with van der Waals surface area (Å²) in [6.07, 6.45) is 4.40. The third-order valence-electron chi connectivity index (χ3n) is 2.64. The van der Waals surface area contributed by atoms with Crippen LogP contribution in [0.4, 0.5) is 0 Å². The summed E-state index contributed by atoms with van der Waals surface area (Å²) in [4.78, 5) is 3.98. The average molecular weight is 263 g/mol. The van der Waals surface area contributed by atoms with Crippen LogP contribution >= 0.6 is 11.6 Å². The first-order valence-corrected chi connectivity index (χ1v) is 6.17. The summed E-state index contributed by atoms with van der Waals surface area (Å²) >= 11 is 5.91. The van der Waals surface area contributed by atoms with Gasteiger partial charge in [0, 0.05) is 35.9 Å². The van der Waals surface area contributed by atoms with E-state index in [-0.39, 0.29) is 0 Å². The molecule has 1 aromatic heterocycles. The van der Waals surface area contributed by atoms with E-state index in [1.54, 1.807) is 12.4 Å². The second-order valence-electron chi connectivity index (χ2n) is 3.91. The highest BCUT2D eigenvalue weighted by atomic mass is 35.5. The molecule has 0 amide bonds. The van der Waals surface area contributed by atoms with Gasteiger partial charge in [-0.25, -0.2) is 0 Å². The number of ether oxygens (including phenoxy) is 1. The molecule has 1 heterocycles. The molecule has 0 fully saturated rings. The minimum Gasteiger partial charge on any atom is -0.493 e. The molecule has 0 atom stereocenters. The van der Waals surface area contributed by atoms with Crippen LogP contribution in [0.5, 0.6) is 5.75 Å². The molecular formula is C14H15ClN2O. The Hall–Kier alpha value is -1.58. The lowest BCUT2D eigenvalue weighted by Gasteiger charge is -2.10. The van der Waals surface area contributed by atoms with Crippen molar-refractivity contribution in [2.24, 2.45) is 5.73 Å². The van der Waals surface area contributed by atoms with Crippen molar-refractivity contribution >= 4 is 11.6 Å². The van der Waals surface area contributed by atoms with E-state index in [0.717, 1.165) is 17.7 Å². The maximum atomic E-state index is 5.91. The van der Waals surface area contributed by atoms with E-state index < -0.39 is 0 Å². The molecule has 1 aromatic carbocycles. The summed E-state index contributed by atoms with van der Waals surface area (Å²) in [5.74, 6) is 0.802. The lowest BCUT2D eigenvalue weighted by molar-refractivity contribution is 0.318. The monoisotopic (exact) mass is 262 g/mol. The molecule has 0 spiro atoms. The zero-order valence-corrected chi connectivity index (χ0v) is 10.7. The van der Waals surface area contributed by atoms with Crippen LogP contribution in [0.15, 0.2) is 42.7 Å². The summed E-state index contributed by atoms with van der Waals surface area (Å²) in [6, 6.07) is 9.47. The predicted octanol–water partition coefficient (Wildman–Crippen LogP) is 2.82. The third-order valence-corrected chi connectivity index (χ3v) is 2.88. The Bertz CT molecular complexity index is 502. The number of halogens is 1. The van der Waals surface area contributed by atoms with Gasteiger partial charge < -0.3 is 10.5 Å². The van der Waals surface area contributed by atoms with Gasteiger partial charge in [0.2, 0.25) is 0 Å². The van der Waals surface area contributed by atoms with Gasteiger partial charge in [-0.15, -0.1) is 0 Å². The Morgan fingerprint density at radius 1 is 1.17 bits per heavy atom. The number of hydrogen-bond donors (Lipinski definition) is 1. The van der Waals surface area contributed by atoms with Crippen LogP contribution in [-0.4, -0.2) is 11.6 Å². The zero-order chi connectivity index (χ0) is 12.8. The molecule has 4 heteroatoms. The van der Waals surface area contributed by atoms with Gasteiger partial charge in [-0.1, -0.05) is 11.6 Å². The fraction of sp³-hybridized carbons (Fsp3) is 0.214. The first-order valence-electron chi connectivity index (χ1n) is 5.80. The van der Waals surface area contributed by atoms with Crippen molar-refractivity contribution in [3.05, 3.63) is 58.9 Å². The van der Waals surface area contributed by atoms with Crippen LogP contribution in [0.25, 0.3) is 0 Å². The third kappa shape index (κ3) is 3.45. The maximum absolute atomic E-state index is 5.91. The number of hydrogen-bond acceptors (Lipinski definition) is 3. The molecule has 0 saturated carbocycles. The molecule has 0 radical (unpaired) electrons. The largest absolute Gasteiger partial charge is 0.493 e. The summed E-state index contributed by atoms with van der Waals surface area (Å²) in [7, 11) is 0. The van der Waals surface area contributed by atoms with E-state index >= 15 is 0 Å². The molecule has 0 aliphatic rings. The predicted molar refractivity (Wildman–Crippen MR) is 72.8 cm³/mol. The number of rotatable bonds is 5. The molecule has 0 bridgehead atoms. The lowest BCUT2D eigenvalue weighted by atomic mass is 10.2. The topological polar surface area (TPSA) is 48.1 Å². The van der Waals surface area contributed by atoms with Crippen molar-refractivity contribution in [3.63, 3.8) is 0 Å². The molecule has 0 unspecified atom stereocenters. The fourth-order valence-corrected chi connectivity index (χ4v) is 1.87. The second-order valence-corrected chi connectivity index (χ2v) is 4.35. The van der Waals surface area contributed by atoms with Gasteiger partial charge in [-0.05, 0) is 35.9 Å². The van der Waals surface area contributed by atoms with Crippen molar-refractivity contribution in [3.8, 4) is 5.75 Å². The SMILES string of the molecule is NCc1cc(Cl)ccc1OCCc1ccncc1. The highest BCUT2D eigenvalue weighted by molar-refractivity contribution is 6.30. The van der Waals surface area contributed by atoms with Crippen molar-refractivity contribution in [2.45, 2.75) is 13.0 Å². The Morgan fingerprint density at radius 2 is 1.94 bits per heavy atom. The van der Waals surface area contributed by atoms with E-state index in [4.69, 9.17) is 22.1 Å². The van der Waals surface area contributed by atoms with Gasteiger partial charge in [-0.3, -0.25) is 4.98 Å². The number of nitrogens with two attached hydrogens (primary N) is 1. The highest BCUT2D eigenvalue weighted by Gasteiger charge is 2.03. The molecule has 0 aliphatic carbocycles. The minimum atomic E-state index is 0.422. The Labute approximate surface area is 112 Å². The maximum Gasteiger partial charge on any atom is 0.123 e. The first kappa shape index (κ1) is 12.9. The standard InChI is InChI=1S/C14H15ClN2O/c15-13-1-2-14(12(9-13)10-16)18-8-5-11-3-6-17-7-4-11/h1-4,6-7,9H,5,8,10,16H2. The van der Waals surface area contributed by atoms with Gasteiger partial charge in [0.1, 0.15) is 5.75 Å². The van der Waals surface area contributed by atoms with Crippen molar-refractivity contribution in [1.82, 2.24) is 4.98 Å². The molecular weight excluding hydrogens is 248 g/mol.